The molecule has 1 atom stereocenters. The first-order valence-electron chi connectivity index (χ1n) is 11.9. The second-order valence-electron chi connectivity index (χ2n) is 8.60. The molecule has 39 heavy (non-hydrogen) atoms. The van der Waals surface area contributed by atoms with Gasteiger partial charge in [0.15, 0.2) is 11.5 Å². The molecule has 10 nitrogen and oxygen atoms in total. The third kappa shape index (κ3) is 5.25. The number of nitrogens with zero attached hydrogens (tertiary/aromatic N) is 3. The topological polar surface area (TPSA) is 136 Å². The fourth-order valence-electron chi connectivity index (χ4n) is 4.46. The van der Waals surface area contributed by atoms with Crippen molar-refractivity contribution in [3.8, 4) is 34.7 Å². The van der Waals surface area contributed by atoms with Crippen LogP contribution in [-0.4, -0.2) is 54.1 Å². The molecule has 0 bridgehead atoms. The molecular weight excluding hydrogens is 613 g/mol. The number of hydrogen-bond donors (Lipinski definition) is 2. The Morgan fingerprint density at radius 3 is 2.74 bits per heavy atom. The predicted molar refractivity (Wildman–Crippen MR) is 147 cm³/mol. The number of nitriles is 1. The highest BCUT2D eigenvalue weighted by Crippen LogP contribution is 2.49. The SMILES string of the molecule is CCOc1cc(C2C(C#N)=C(N)Oc3n[nH]c(-c4ccc(Cl)c(Cl)c4)c32)cc(Br)c1OC(=O)N1CCOCC1. The number of rotatable bonds is 5. The summed E-state index contributed by atoms with van der Waals surface area (Å²) in [6, 6.07) is 10.8. The number of carbonyl (C=O) groups excluding carboxylic acids is 1. The van der Waals surface area contributed by atoms with Crippen LogP contribution < -0.4 is 19.9 Å². The maximum atomic E-state index is 12.8. The molecular formula is C26H22BrCl2N5O5. The molecule has 0 saturated carbocycles. The van der Waals surface area contributed by atoms with Crippen LogP contribution in [0.5, 0.6) is 17.4 Å². The zero-order valence-corrected chi connectivity index (χ0v) is 23.7. The van der Waals surface area contributed by atoms with E-state index < -0.39 is 12.0 Å². The van der Waals surface area contributed by atoms with Gasteiger partial charge in [0, 0.05) is 18.7 Å². The van der Waals surface area contributed by atoms with E-state index in [4.69, 9.17) is 47.9 Å². The molecule has 2 aliphatic heterocycles. The normalized spacial score (nSPS) is 16.8. The molecule has 202 valence electrons. The largest absolute Gasteiger partial charge is 0.490 e. The van der Waals surface area contributed by atoms with Gasteiger partial charge in [-0.25, -0.2) is 4.79 Å². The molecule has 1 fully saturated rings. The number of carbonyl (C=O) groups is 1. The van der Waals surface area contributed by atoms with Crippen LogP contribution in [-0.2, 0) is 4.74 Å². The Bertz CT molecular complexity index is 1510. The van der Waals surface area contributed by atoms with Crippen LogP contribution in [0.3, 0.4) is 0 Å². The number of fused-ring (bicyclic) bond motifs is 1. The predicted octanol–water partition coefficient (Wildman–Crippen LogP) is 5.59. The lowest BCUT2D eigenvalue weighted by molar-refractivity contribution is 0.0412. The van der Waals surface area contributed by atoms with Gasteiger partial charge in [-0.1, -0.05) is 29.3 Å². The Kier molecular flexibility index (Phi) is 7.91. The van der Waals surface area contributed by atoms with E-state index in [-0.39, 0.29) is 23.1 Å². The van der Waals surface area contributed by atoms with Crippen molar-refractivity contribution < 1.29 is 23.7 Å². The van der Waals surface area contributed by atoms with Crippen molar-refractivity contribution in [3.63, 3.8) is 0 Å². The van der Waals surface area contributed by atoms with Crippen molar-refractivity contribution in [3.05, 3.63) is 67.4 Å². The van der Waals surface area contributed by atoms with Gasteiger partial charge < -0.3 is 29.6 Å². The zero-order valence-electron chi connectivity index (χ0n) is 20.6. The second-order valence-corrected chi connectivity index (χ2v) is 10.3. The van der Waals surface area contributed by atoms with E-state index in [1.165, 1.54) is 0 Å². The number of hydrogen-bond acceptors (Lipinski definition) is 8. The smallest absolute Gasteiger partial charge is 0.415 e. The standard InChI is InChI=1S/C26H22BrCl2N5O5/c1-2-37-19-11-14(9-16(27)23(19)38-26(35)34-5-7-36-8-6-34)20-15(12-30)24(31)39-25-21(20)22(32-33-25)13-3-4-17(28)18(29)10-13/h3-4,9-11,20H,2,5-8,31H2,1H3,(H,32,33). The van der Waals surface area contributed by atoms with Gasteiger partial charge in [0.1, 0.15) is 11.6 Å². The summed E-state index contributed by atoms with van der Waals surface area (Å²) in [5.41, 5.74) is 8.79. The average molecular weight is 635 g/mol. The molecule has 1 amide bonds. The molecule has 2 aliphatic rings. The number of amides is 1. The van der Waals surface area contributed by atoms with E-state index in [0.717, 1.165) is 0 Å². The summed E-state index contributed by atoms with van der Waals surface area (Å²) in [7, 11) is 0. The van der Waals surface area contributed by atoms with Crippen LogP contribution in [0.1, 0.15) is 24.0 Å². The summed E-state index contributed by atoms with van der Waals surface area (Å²) in [5, 5.41) is 18.1. The van der Waals surface area contributed by atoms with Gasteiger partial charge in [-0.3, -0.25) is 5.10 Å². The fourth-order valence-corrected chi connectivity index (χ4v) is 5.30. The lowest BCUT2D eigenvalue weighted by atomic mass is 9.83. The van der Waals surface area contributed by atoms with E-state index in [9.17, 15) is 10.1 Å². The summed E-state index contributed by atoms with van der Waals surface area (Å²) in [5.74, 6) is -0.0151. The van der Waals surface area contributed by atoms with Gasteiger partial charge in [0.25, 0.3) is 0 Å². The van der Waals surface area contributed by atoms with E-state index in [0.29, 0.717) is 75.6 Å². The monoisotopic (exact) mass is 633 g/mol. The molecule has 1 aromatic heterocycles. The van der Waals surface area contributed by atoms with Gasteiger partial charge in [0.05, 0.1) is 51.5 Å². The molecule has 0 aliphatic carbocycles. The van der Waals surface area contributed by atoms with E-state index in [1.807, 2.05) is 6.92 Å². The highest BCUT2D eigenvalue weighted by Gasteiger charge is 2.37. The first kappa shape index (κ1) is 27.1. The number of halogens is 3. The van der Waals surface area contributed by atoms with E-state index in [1.54, 1.807) is 35.2 Å². The van der Waals surface area contributed by atoms with Crippen molar-refractivity contribution in [1.82, 2.24) is 15.1 Å². The summed E-state index contributed by atoms with van der Waals surface area (Å²) in [6.45, 7) is 3.86. The Balaban J connectivity index is 1.61. The minimum Gasteiger partial charge on any atom is -0.490 e. The van der Waals surface area contributed by atoms with Crippen molar-refractivity contribution in [2.45, 2.75) is 12.8 Å². The number of H-pyrrole nitrogens is 1. The van der Waals surface area contributed by atoms with Crippen LogP contribution in [0.15, 0.2) is 46.3 Å². The Morgan fingerprint density at radius 2 is 2.05 bits per heavy atom. The lowest BCUT2D eigenvalue weighted by Crippen LogP contribution is -2.42. The van der Waals surface area contributed by atoms with Gasteiger partial charge in [0.2, 0.25) is 11.8 Å². The summed E-state index contributed by atoms with van der Waals surface area (Å²) in [4.78, 5) is 14.4. The number of allylic oxidation sites excluding steroid dienone is 1. The lowest BCUT2D eigenvalue weighted by Gasteiger charge is -2.27. The third-order valence-electron chi connectivity index (χ3n) is 6.27. The van der Waals surface area contributed by atoms with Crippen LogP contribution in [0.4, 0.5) is 4.79 Å². The van der Waals surface area contributed by atoms with E-state index in [2.05, 4.69) is 32.2 Å². The highest BCUT2D eigenvalue weighted by molar-refractivity contribution is 9.10. The quantitative estimate of drug-likeness (QED) is 0.371. The molecule has 3 heterocycles. The minimum absolute atomic E-state index is 0.0703. The van der Waals surface area contributed by atoms with Crippen molar-refractivity contribution in [1.29, 1.82) is 5.26 Å². The van der Waals surface area contributed by atoms with Gasteiger partial charge in [-0.15, -0.1) is 5.10 Å². The average Bonchev–Trinajstić information content (AvgIpc) is 3.35. The van der Waals surface area contributed by atoms with Crippen LogP contribution >= 0.6 is 39.1 Å². The van der Waals surface area contributed by atoms with Crippen LogP contribution in [0.2, 0.25) is 10.0 Å². The maximum absolute atomic E-state index is 12.8. The fraction of sp³-hybridized carbons (Fsp3) is 0.269. The molecule has 3 N–H and O–H groups in total. The molecule has 0 radical (unpaired) electrons. The molecule has 2 aromatic carbocycles. The van der Waals surface area contributed by atoms with Gasteiger partial charge >= 0.3 is 6.09 Å². The summed E-state index contributed by atoms with van der Waals surface area (Å²) < 4.78 is 23.1. The number of aromatic nitrogens is 2. The Morgan fingerprint density at radius 1 is 1.28 bits per heavy atom. The Hall–Kier alpha value is -3.43. The number of aromatic amines is 1. The molecule has 1 unspecified atom stereocenters. The minimum atomic E-state index is -0.693. The Labute approximate surface area is 242 Å². The van der Waals surface area contributed by atoms with Gasteiger partial charge in [-0.05, 0) is 52.7 Å². The first-order chi connectivity index (χ1) is 18.8. The van der Waals surface area contributed by atoms with Crippen LogP contribution in [0.25, 0.3) is 11.3 Å². The maximum Gasteiger partial charge on any atom is 0.415 e. The zero-order chi connectivity index (χ0) is 27.7. The second kappa shape index (κ2) is 11.4. The summed E-state index contributed by atoms with van der Waals surface area (Å²) in [6.07, 6.45) is -0.514. The van der Waals surface area contributed by atoms with Crippen molar-refractivity contribution in [2.75, 3.05) is 32.9 Å². The van der Waals surface area contributed by atoms with Crippen molar-refractivity contribution in [2.24, 2.45) is 5.73 Å². The highest BCUT2D eigenvalue weighted by atomic mass is 79.9. The third-order valence-corrected chi connectivity index (χ3v) is 7.60. The number of nitrogens with one attached hydrogen (secondary N) is 1. The number of nitrogens with two attached hydrogens (primary N) is 1. The molecule has 13 heteroatoms. The number of benzene rings is 2. The van der Waals surface area contributed by atoms with Crippen LogP contribution in [0, 0.1) is 11.3 Å². The molecule has 0 spiro atoms. The van der Waals surface area contributed by atoms with Crippen molar-refractivity contribution >= 4 is 45.2 Å². The molecule has 3 aromatic rings. The molecule has 5 rings (SSSR count). The molecule has 1 saturated heterocycles. The van der Waals surface area contributed by atoms with Gasteiger partial charge in [-0.2, -0.15) is 5.26 Å². The summed E-state index contributed by atoms with van der Waals surface area (Å²) >= 11 is 15.9. The first-order valence-corrected chi connectivity index (χ1v) is 13.5. The van der Waals surface area contributed by atoms with E-state index >= 15 is 0 Å². The number of ether oxygens (including phenoxy) is 4. The number of morpholine rings is 1.